The van der Waals surface area contributed by atoms with Crippen LogP contribution in [-0.2, 0) is 16.0 Å². The Morgan fingerprint density at radius 3 is 2.69 bits per heavy atom. The summed E-state index contributed by atoms with van der Waals surface area (Å²) in [6.45, 7) is 1.59. The molecule has 140 valence electrons. The number of carbonyl (C=O) groups excluding carboxylic acids is 1. The fraction of sp³-hybridized carbons (Fsp3) is 0.375. The van der Waals surface area contributed by atoms with Crippen molar-refractivity contribution in [3.63, 3.8) is 0 Å². The maximum Gasteiger partial charge on any atom is 0.326 e. The Balaban J connectivity index is 1.93. The van der Waals surface area contributed by atoms with Crippen LogP contribution in [-0.4, -0.2) is 39.6 Å². The fourth-order valence-electron chi connectivity index (χ4n) is 2.14. The highest BCUT2D eigenvalue weighted by Gasteiger charge is 2.24. The third-order valence-corrected chi connectivity index (χ3v) is 3.50. The van der Waals surface area contributed by atoms with Crippen LogP contribution in [0, 0.1) is 12.7 Å². The van der Waals surface area contributed by atoms with E-state index in [1.165, 1.54) is 12.1 Å². The highest BCUT2D eigenvalue weighted by atomic mass is 19.3. The van der Waals surface area contributed by atoms with Crippen molar-refractivity contribution >= 4 is 11.9 Å². The number of nitrogens with one attached hydrogen (secondary N) is 1. The van der Waals surface area contributed by atoms with Gasteiger partial charge in [0, 0.05) is 24.8 Å². The molecule has 0 fully saturated rings. The number of benzene rings is 1. The predicted molar refractivity (Wildman–Crippen MR) is 82.9 cm³/mol. The Kier molecular flexibility index (Phi) is 6.31. The quantitative estimate of drug-likeness (QED) is 0.738. The average molecular weight is 371 g/mol. The van der Waals surface area contributed by atoms with Gasteiger partial charge in [-0.3, -0.25) is 4.79 Å². The molecule has 0 radical (unpaired) electrons. The van der Waals surface area contributed by atoms with Gasteiger partial charge in [-0.25, -0.2) is 18.0 Å². The van der Waals surface area contributed by atoms with Crippen molar-refractivity contribution in [2.24, 2.45) is 0 Å². The van der Waals surface area contributed by atoms with Crippen LogP contribution < -0.4 is 5.32 Å². The van der Waals surface area contributed by atoms with Crippen molar-refractivity contribution in [2.75, 3.05) is 0 Å². The minimum Gasteiger partial charge on any atom is -0.480 e. The molecular formula is C16H16F3N3O4. The highest BCUT2D eigenvalue weighted by Crippen LogP contribution is 2.19. The molecule has 0 saturated heterocycles. The Hall–Kier alpha value is -2.91. The second kappa shape index (κ2) is 8.45. The summed E-state index contributed by atoms with van der Waals surface area (Å²) >= 11 is 0. The summed E-state index contributed by atoms with van der Waals surface area (Å²) in [4.78, 5) is 26.6. The number of aryl methyl sites for hydroxylation is 2. The lowest BCUT2D eigenvalue weighted by molar-refractivity contribution is -0.143. The van der Waals surface area contributed by atoms with E-state index in [4.69, 9.17) is 9.63 Å². The average Bonchev–Trinajstić information content (AvgIpc) is 3.03. The molecule has 0 bridgehead atoms. The molecule has 2 N–H and O–H groups in total. The number of carbonyl (C=O) groups is 2. The first kappa shape index (κ1) is 19.4. The van der Waals surface area contributed by atoms with Gasteiger partial charge in [-0.15, -0.1) is 0 Å². The van der Waals surface area contributed by atoms with Gasteiger partial charge in [0.1, 0.15) is 11.9 Å². The normalized spacial score (nSPS) is 12.2. The number of hydrogen-bond donors (Lipinski definition) is 2. The van der Waals surface area contributed by atoms with E-state index in [9.17, 15) is 22.8 Å². The van der Waals surface area contributed by atoms with Crippen molar-refractivity contribution in [3.8, 4) is 11.4 Å². The van der Waals surface area contributed by atoms with Gasteiger partial charge < -0.3 is 14.9 Å². The van der Waals surface area contributed by atoms with Crippen LogP contribution in [0.15, 0.2) is 22.7 Å². The van der Waals surface area contributed by atoms with E-state index in [-0.39, 0.29) is 30.4 Å². The molecule has 0 aliphatic carbocycles. The minimum absolute atomic E-state index is 0.0000276. The Morgan fingerprint density at radius 2 is 2.08 bits per heavy atom. The first-order chi connectivity index (χ1) is 12.3. The fourth-order valence-corrected chi connectivity index (χ4v) is 2.14. The van der Waals surface area contributed by atoms with E-state index in [0.29, 0.717) is 11.1 Å². The molecule has 1 unspecified atom stereocenters. The van der Waals surface area contributed by atoms with Gasteiger partial charge in [0.15, 0.2) is 0 Å². The second-order valence-electron chi connectivity index (χ2n) is 5.56. The maximum absolute atomic E-state index is 13.3. The summed E-state index contributed by atoms with van der Waals surface area (Å²) in [6, 6.07) is 2.62. The Bertz CT molecular complexity index is 795. The summed E-state index contributed by atoms with van der Waals surface area (Å²) in [5.74, 6) is -2.31. The van der Waals surface area contributed by atoms with E-state index >= 15 is 0 Å². The predicted octanol–water partition coefficient (Wildman–Crippen LogP) is 2.34. The van der Waals surface area contributed by atoms with Crippen LogP contribution in [0.2, 0.25) is 0 Å². The number of aromatic nitrogens is 2. The van der Waals surface area contributed by atoms with Crippen molar-refractivity contribution in [2.45, 2.75) is 38.7 Å². The van der Waals surface area contributed by atoms with Gasteiger partial charge >= 0.3 is 5.97 Å². The van der Waals surface area contributed by atoms with Crippen molar-refractivity contribution < 1.29 is 32.4 Å². The van der Waals surface area contributed by atoms with Crippen molar-refractivity contribution in [1.29, 1.82) is 0 Å². The van der Waals surface area contributed by atoms with Crippen LogP contribution in [0.1, 0.15) is 24.3 Å². The maximum atomic E-state index is 13.3. The number of amides is 1. The van der Waals surface area contributed by atoms with Gasteiger partial charge in [-0.2, -0.15) is 4.98 Å². The molecule has 0 aliphatic rings. The molecule has 2 rings (SSSR count). The molecule has 1 amide bonds. The molecule has 26 heavy (non-hydrogen) atoms. The molecule has 0 aliphatic heterocycles. The van der Waals surface area contributed by atoms with Gasteiger partial charge in [0.2, 0.25) is 24.0 Å². The third-order valence-electron chi connectivity index (χ3n) is 3.50. The number of hydrogen-bond acceptors (Lipinski definition) is 5. The lowest BCUT2D eigenvalue weighted by Crippen LogP contribution is -2.42. The van der Waals surface area contributed by atoms with E-state index in [1.54, 1.807) is 13.0 Å². The summed E-state index contributed by atoms with van der Waals surface area (Å²) in [6.07, 6.45) is -4.04. The first-order valence-corrected chi connectivity index (χ1v) is 7.65. The van der Waals surface area contributed by atoms with E-state index < -0.39 is 30.8 Å². The lowest BCUT2D eigenvalue weighted by atomic mass is 10.1. The van der Waals surface area contributed by atoms with Crippen LogP contribution in [0.4, 0.5) is 13.2 Å². The molecule has 10 heteroatoms. The van der Waals surface area contributed by atoms with E-state index in [2.05, 4.69) is 10.1 Å². The summed E-state index contributed by atoms with van der Waals surface area (Å²) < 4.78 is 42.8. The number of rotatable bonds is 8. The van der Waals surface area contributed by atoms with E-state index in [1.807, 2.05) is 5.32 Å². The lowest BCUT2D eigenvalue weighted by Gasteiger charge is -2.13. The molecule has 1 heterocycles. The van der Waals surface area contributed by atoms with Crippen LogP contribution in [0.5, 0.6) is 0 Å². The molecule has 1 atom stereocenters. The Labute approximate surface area is 146 Å². The van der Waals surface area contributed by atoms with Gasteiger partial charge in [0.05, 0.1) is 0 Å². The van der Waals surface area contributed by atoms with E-state index in [0.717, 1.165) is 0 Å². The molecule has 1 aromatic heterocycles. The molecule has 7 nitrogen and oxygen atoms in total. The smallest absolute Gasteiger partial charge is 0.326 e. The zero-order chi connectivity index (χ0) is 19.3. The van der Waals surface area contributed by atoms with Gasteiger partial charge in [-0.1, -0.05) is 5.16 Å². The number of carboxylic acids is 1. The van der Waals surface area contributed by atoms with Gasteiger partial charge in [-0.05, 0) is 30.7 Å². The molecule has 1 aromatic carbocycles. The molecule has 0 spiro atoms. The van der Waals surface area contributed by atoms with Crippen molar-refractivity contribution in [3.05, 3.63) is 35.5 Å². The monoisotopic (exact) mass is 371 g/mol. The molecular weight excluding hydrogens is 355 g/mol. The molecule has 0 saturated carbocycles. The number of halogens is 3. The van der Waals surface area contributed by atoms with Crippen LogP contribution in [0.3, 0.4) is 0 Å². The first-order valence-electron chi connectivity index (χ1n) is 7.65. The Morgan fingerprint density at radius 1 is 1.35 bits per heavy atom. The summed E-state index contributed by atoms with van der Waals surface area (Å²) in [7, 11) is 0. The largest absolute Gasteiger partial charge is 0.480 e. The SMILES string of the molecule is Cc1cc(-c2noc(CCC(=O)NC(CC(F)F)C(=O)O)n2)ccc1F. The molecule has 2 aromatic rings. The van der Waals surface area contributed by atoms with Crippen LogP contribution >= 0.6 is 0 Å². The number of aliphatic carboxylic acids is 1. The number of alkyl halides is 2. The topological polar surface area (TPSA) is 105 Å². The third kappa shape index (κ3) is 5.30. The summed E-state index contributed by atoms with van der Waals surface area (Å²) in [5, 5.41) is 14.6. The zero-order valence-corrected chi connectivity index (χ0v) is 13.7. The van der Waals surface area contributed by atoms with Crippen molar-refractivity contribution in [1.82, 2.24) is 15.5 Å². The summed E-state index contributed by atoms with van der Waals surface area (Å²) in [5.41, 5.74) is 0.943. The van der Waals surface area contributed by atoms with Gasteiger partial charge in [0.25, 0.3) is 0 Å². The van der Waals surface area contributed by atoms with Crippen LogP contribution in [0.25, 0.3) is 11.4 Å². The number of nitrogens with zero attached hydrogens (tertiary/aromatic N) is 2. The second-order valence-corrected chi connectivity index (χ2v) is 5.56. The zero-order valence-electron chi connectivity index (χ0n) is 13.7. The number of carboxylic acid groups (broad SMARTS) is 1. The standard InChI is InChI=1S/C16H16F3N3O4/c1-8-6-9(2-3-10(8)17)15-21-14(26-22-15)5-4-13(23)20-11(16(24)25)7-12(18)19/h2-3,6,11-12H,4-5,7H2,1H3,(H,20,23)(H,24,25). The minimum atomic E-state index is -2.85. The highest BCUT2D eigenvalue weighted by molar-refractivity contribution is 5.83.